The Balaban J connectivity index is 2.29. The molecule has 1 rings (SSSR count). The predicted molar refractivity (Wildman–Crippen MR) is 66.1 cm³/mol. The van der Waals surface area contributed by atoms with Crippen molar-refractivity contribution in [3.8, 4) is 5.75 Å². The third-order valence-corrected chi connectivity index (χ3v) is 2.79. The maximum Gasteiger partial charge on any atom is 0.303 e. The zero-order valence-corrected chi connectivity index (χ0v) is 10.9. The summed E-state index contributed by atoms with van der Waals surface area (Å²) in [5.41, 5.74) is 0. The van der Waals surface area contributed by atoms with Gasteiger partial charge in [0.1, 0.15) is 5.75 Å². The van der Waals surface area contributed by atoms with E-state index in [1.54, 1.807) is 18.2 Å². The molecule has 0 saturated carbocycles. The molecule has 88 valence electrons. The summed E-state index contributed by atoms with van der Waals surface area (Å²) < 4.78 is 6.28. The van der Waals surface area contributed by atoms with Crippen LogP contribution in [-0.4, -0.2) is 17.7 Å². The summed E-state index contributed by atoms with van der Waals surface area (Å²) in [5, 5.41) is 9.09. The van der Waals surface area contributed by atoms with Crippen LogP contribution < -0.4 is 4.74 Å². The number of halogens is 2. The summed E-state index contributed by atoms with van der Waals surface area (Å²) in [6, 6.07) is 5.29. The van der Waals surface area contributed by atoms with Gasteiger partial charge in [0.15, 0.2) is 0 Å². The molecule has 0 atom stereocenters. The van der Waals surface area contributed by atoms with E-state index in [9.17, 15) is 4.79 Å². The fraction of sp³-hybridized carbons (Fsp3) is 0.364. The molecule has 1 N–H and O–H groups in total. The molecule has 0 unspecified atom stereocenters. The standard InChI is InChI=1S/C11H12BrClO3/c12-9-7-8(13)4-5-10(9)16-6-2-1-3-11(14)15/h4-5,7H,1-3,6H2,(H,14,15). The van der Waals surface area contributed by atoms with Crippen LogP contribution in [0, 0.1) is 0 Å². The number of benzene rings is 1. The van der Waals surface area contributed by atoms with Gasteiger partial charge >= 0.3 is 5.97 Å². The van der Waals surface area contributed by atoms with E-state index in [4.69, 9.17) is 21.4 Å². The SMILES string of the molecule is O=C(O)CCCCOc1ccc(Cl)cc1Br. The molecule has 5 heteroatoms. The third-order valence-electron chi connectivity index (χ3n) is 1.94. The molecule has 1 aromatic rings. The van der Waals surface area contributed by atoms with Crippen LogP contribution >= 0.6 is 27.5 Å². The molecule has 0 aromatic heterocycles. The van der Waals surface area contributed by atoms with Gasteiger partial charge in [-0.3, -0.25) is 4.79 Å². The lowest BCUT2D eigenvalue weighted by atomic mass is 10.2. The van der Waals surface area contributed by atoms with Crippen molar-refractivity contribution in [2.24, 2.45) is 0 Å². The van der Waals surface area contributed by atoms with Crippen LogP contribution in [0.4, 0.5) is 0 Å². The van der Waals surface area contributed by atoms with Crippen molar-refractivity contribution in [2.75, 3.05) is 6.61 Å². The fourth-order valence-electron chi connectivity index (χ4n) is 1.15. The van der Waals surface area contributed by atoms with Crippen LogP contribution in [0.3, 0.4) is 0 Å². The Morgan fingerprint density at radius 2 is 2.19 bits per heavy atom. The van der Waals surface area contributed by atoms with E-state index in [2.05, 4.69) is 15.9 Å². The van der Waals surface area contributed by atoms with Crippen molar-refractivity contribution in [3.63, 3.8) is 0 Å². The number of hydrogen-bond acceptors (Lipinski definition) is 2. The number of ether oxygens (including phenoxy) is 1. The fourth-order valence-corrected chi connectivity index (χ4v) is 1.95. The van der Waals surface area contributed by atoms with Gasteiger partial charge in [-0.05, 0) is 47.0 Å². The van der Waals surface area contributed by atoms with E-state index in [0.29, 0.717) is 18.1 Å². The highest BCUT2D eigenvalue weighted by Crippen LogP contribution is 2.28. The van der Waals surface area contributed by atoms with Gasteiger partial charge in [-0.15, -0.1) is 0 Å². The highest BCUT2D eigenvalue weighted by atomic mass is 79.9. The monoisotopic (exact) mass is 306 g/mol. The van der Waals surface area contributed by atoms with E-state index in [1.807, 2.05) is 0 Å². The lowest BCUT2D eigenvalue weighted by Gasteiger charge is -2.07. The molecule has 3 nitrogen and oxygen atoms in total. The largest absolute Gasteiger partial charge is 0.492 e. The Morgan fingerprint density at radius 1 is 1.44 bits per heavy atom. The van der Waals surface area contributed by atoms with E-state index in [-0.39, 0.29) is 6.42 Å². The zero-order valence-electron chi connectivity index (χ0n) is 8.58. The van der Waals surface area contributed by atoms with Gasteiger partial charge in [0.05, 0.1) is 11.1 Å². The Morgan fingerprint density at radius 3 is 2.81 bits per heavy atom. The van der Waals surface area contributed by atoms with Crippen LogP contribution in [0.25, 0.3) is 0 Å². The smallest absolute Gasteiger partial charge is 0.303 e. The second-order valence-corrected chi connectivity index (χ2v) is 4.56. The lowest BCUT2D eigenvalue weighted by Crippen LogP contribution is -2.00. The van der Waals surface area contributed by atoms with E-state index >= 15 is 0 Å². The van der Waals surface area contributed by atoms with Crippen molar-refractivity contribution in [2.45, 2.75) is 19.3 Å². The average molecular weight is 308 g/mol. The summed E-state index contributed by atoms with van der Waals surface area (Å²) in [7, 11) is 0. The molecule has 0 aliphatic rings. The maximum atomic E-state index is 10.3. The molecule has 0 aliphatic carbocycles. The van der Waals surface area contributed by atoms with Crippen molar-refractivity contribution >= 4 is 33.5 Å². The molecule has 16 heavy (non-hydrogen) atoms. The molecule has 0 amide bonds. The summed E-state index contributed by atoms with van der Waals surface area (Å²) in [6.07, 6.45) is 1.53. The van der Waals surface area contributed by atoms with Gasteiger partial charge in [-0.2, -0.15) is 0 Å². The number of carbonyl (C=O) groups is 1. The molecule has 0 saturated heterocycles. The van der Waals surface area contributed by atoms with Crippen LogP contribution in [-0.2, 0) is 4.79 Å². The quantitative estimate of drug-likeness (QED) is 0.814. The van der Waals surface area contributed by atoms with Gasteiger partial charge < -0.3 is 9.84 Å². The first-order valence-corrected chi connectivity index (χ1v) is 6.06. The third kappa shape index (κ3) is 4.86. The van der Waals surface area contributed by atoms with Crippen LogP contribution in [0.15, 0.2) is 22.7 Å². The normalized spacial score (nSPS) is 10.1. The molecule has 0 radical (unpaired) electrons. The van der Waals surface area contributed by atoms with Gasteiger partial charge in [0, 0.05) is 11.4 Å². The van der Waals surface area contributed by atoms with Crippen LogP contribution in [0.2, 0.25) is 5.02 Å². The first-order valence-electron chi connectivity index (χ1n) is 4.89. The topological polar surface area (TPSA) is 46.5 Å². The van der Waals surface area contributed by atoms with E-state index < -0.39 is 5.97 Å². The lowest BCUT2D eigenvalue weighted by molar-refractivity contribution is -0.137. The Labute approximate surface area is 107 Å². The maximum absolute atomic E-state index is 10.3. The number of carboxylic acid groups (broad SMARTS) is 1. The number of unbranched alkanes of at least 4 members (excludes halogenated alkanes) is 1. The van der Waals surface area contributed by atoms with Gasteiger partial charge in [-0.25, -0.2) is 0 Å². The zero-order chi connectivity index (χ0) is 12.0. The summed E-state index contributed by atoms with van der Waals surface area (Å²) in [4.78, 5) is 10.3. The minimum Gasteiger partial charge on any atom is -0.492 e. The summed E-state index contributed by atoms with van der Waals surface area (Å²) in [6.45, 7) is 0.507. The van der Waals surface area contributed by atoms with Crippen LogP contribution in [0.5, 0.6) is 5.75 Å². The molecule has 0 aliphatic heterocycles. The minimum absolute atomic E-state index is 0.186. The highest BCUT2D eigenvalue weighted by molar-refractivity contribution is 9.10. The number of rotatable bonds is 6. The molecule has 0 fully saturated rings. The Kier molecular flexibility index (Phi) is 5.63. The number of carboxylic acids is 1. The summed E-state index contributed by atoms with van der Waals surface area (Å²) in [5.74, 6) is -0.0487. The van der Waals surface area contributed by atoms with Crippen molar-refractivity contribution in [1.82, 2.24) is 0 Å². The predicted octanol–water partition coefficient (Wildman–Crippen LogP) is 3.74. The van der Waals surface area contributed by atoms with Crippen LogP contribution in [0.1, 0.15) is 19.3 Å². The van der Waals surface area contributed by atoms with E-state index in [0.717, 1.165) is 16.6 Å². The molecule has 0 spiro atoms. The molecule has 1 aromatic carbocycles. The highest BCUT2D eigenvalue weighted by Gasteiger charge is 2.02. The van der Waals surface area contributed by atoms with Gasteiger partial charge in [0.25, 0.3) is 0 Å². The second-order valence-electron chi connectivity index (χ2n) is 3.27. The minimum atomic E-state index is -0.771. The van der Waals surface area contributed by atoms with Gasteiger partial charge in [-0.1, -0.05) is 11.6 Å². The Bertz CT molecular complexity index is 368. The van der Waals surface area contributed by atoms with E-state index in [1.165, 1.54) is 0 Å². The molecular weight excluding hydrogens is 295 g/mol. The summed E-state index contributed by atoms with van der Waals surface area (Å²) >= 11 is 9.12. The first kappa shape index (κ1) is 13.3. The molecule has 0 bridgehead atoms. The van der Waals surface area contributed by atoms with Crippen molar-refractivity contribution < 1.29 is 14.6 Å². The molecular formula is C11H12BrClO3. The number of hydrogen-bond donors (Lipinski definition) is 1. The number of aliphatic carboxylic acids is 1. The van der Waals surface area contributed by atoms with Gasteiger partial charge in [0.2, 0.25) is 0 Å². The second kappa shape index (κ2) is 6.76. The average Bonchev–Trinajstić information content (AvgIpc) is 2.20. The molecule has 0 heterocycles. The Hall–Kier alpha value is -0.740. The van der Waals surface area contributed by atoms with Crippen molar-refractivity contribution in [1.29, 1.82) is 0 Å². The first-order chi connectivity index (χ1) is 7.59. The van der Waals surface area contributed by atoms with Crippen molar-refractivity contribution in [3.05, 3.63) is 27.7 Å².